The van der Waals surface area contributed by atoms with Gasteiger partial charge in [0.15, 0.2) is 0 Å². The van der Waals surface area contributed by atoms with Gasteiger partial charge in [-0.15, -0.1) is 0 Å². The second kappa shape index (κ2) is 8.52. The lowest BCUT2D eigenvalue weighted by Gasteiger charge is -2.33. The number of anilines is 2. The van der Waals surface area contributed by atoms with Crippen LogP contribution in [-0.4, -0.2) is 45.0 Å². The number of carbonyl (C=O) groups is 1. The molecule has 1 aliphatic heterocycles. The predicted molar refractivity (Wildman–Crippen MR) is 109 cm³/mol. The van der Waals surface area contributed by atoms with Gasteiger partial charge in [0.25, 0.3) is 0 Å². The van der Waals surface area contributed by atoms with Crippen molar-refractivity contribution in [1.29, 1.82) is 0 Å². The minimum Gasteiger partial charge on any atom is -0.340 e. The van der Waals surface area contributed by atoms with Crippen LogP contribution in [0.5, 0.6) is 0 Å². The summed E-state index contributed by atoms with van der Waals surface area (Å²) >= 11 is 0. The molecule has 6 nitrogen and oxygen atoms in total. The Labute approximate surface area is 173 Å². The van der Waals surface area contributed by atoms with E-state index in [0.717, 1.165) is 5.56 Å². The summed E-state index contributed by atoms with van der Waals surface area (Å²) in [5.74, 6) is 0.00119. The zero-order valence-corrected chi connectivity index (χ0v) is 16.4. The Morgan fingerprint density at radius 2 is 2.03 bits per heavy atom. The van der Waals surface area contributed by atoms with Gasteiger partial charge >= 0.3 is 0 Å². The summed E-state index contributed by atoms with van der Waals surface area (Å²) in [5.41, 5.74) is 1.93. The highest BCUT2D eigenvalue weighted by atomic mass is 19.1. The first-order valence-electron chi connectivity index (χ1n) is 9.69. The molecule has 0 spiro atoms. The number of carbonyl (C=O) groups excluding carboxylic acids is 1. The normalized spacial score (nSPS) is 18.8. The lowest BCUT2D eigenvalue weighted by atomic mass is 9.95. The molecule has 154 valence electrons. The van der Waals surface area contributed by atoms with E-state index < -0.39 is 6.17 Å². The molecular formula is C22H21F2N5O. The summed E-state index contributed by atoms with van der Waals surface area (Å²) in [7, 11) is 0. The van der Waals surface area contributed by atoms with Crippen molar-refractivity contribution in [3.63, 3.8) is 0 Å². The van der Waals surface area contributed by atoms with Gasteiger partial charge < -0.3 is 10.2 Å². The SMILES string of the molecule is CC(=O)N1CC(F)CC(c2nc(Nc3cccc(F)c3)cc(-c3cccnc3)n2)C1. The number of amides is 1. The number of halogens is 2. The highest BCUT2D eigenvalue weighted by Gasteiger charge is 2.31. The van der Waals surface area contributed by atoms with E-state index >= 15 is 0 Å². The Kier molecular flexibility index (Phi) is 5.65. The fraction of sp³-hybridized carbons (Fsp3) is 0.273. The zero-order valence-electron chi connectivity index (χ0n) is 16.4. The second-order valence-electron chi connectivity index (χ2n) is 7.33. The van der Waals surface area contributed by atoms with E-state index in [0.29, 0.717) is 29.6 Å². The average molecular weight is 409 g/mol. The second-order valence-corrected chi connectivity index (χ2v) is 7.33. The number of piperidine rings is 1. The van der Waals surface area contributed by atoms with Crippen molar-refractivity contribution in [1.82, 2.24) is 19.9 Å². The fourth-order valence-corrected chi connectivity index (χ4v) is 3.57. The molecule has 4 rings (SSSR count). The first-order chi connectivity index (χ1) is 14.5. The molecule has 1 N–H and O–H groups in total. The Morgan fingerprint density at radius 3 is 2.77 bits per heavy atom. The highest BCUT2D eigenvalue weighted by molar-refractivity contribution is 5.73. The predicted octanol–water partition coefficient (Wildman–Crippen LogP) is 4.10. The van der Waals surface area contributed by atoms with Crippen molar-refractivity contribution in [2.45, 2.75) is 25.4 Å². The van der Waals surface area contributed by atoms with Crippen LogP contribution >= 0.6 is 0 Å². The molecule has 1 aliphatic rings. The molecule has 1 amide bonds. The summed E-state index contributed by atoms with van der Waals surface area (Å²) in [6.07, 6.45) is 2.44. The fourth-order valence-electron chi connectivity index (χ4n) is 3.57. The molecular weight excluding hydrogens is 388 g/mol. The quantitative estimate of drug-likeness (QED) is 0.703. The molecule has 8 heteroatoms. The molecule has 2 aromatic heterocycles. The van der Waals surface area contributed by atoms with Gasteiger partial charge in [0, 0.05) is 49.1 Å². The molecule has 2 unspecified atom stereocenters. The van der Waals surface area contributed by atoms with Crippen molar-refractivity contribution in [3.05, 3.63) is 66.5 Å². The van der Waals surface area contributed by atoms with Crippen LogP contribution in [0.2, 0.25) is 0 Å². The first kappa shape index (κ1) is 19.9. The van der Waals surface area contributed by atoms with Crippen LogP contribution in [0.15, 0.2) is 54.9 Å². The third-order valence-corrected chi connectivity index (χ3v) is 5.01. The van der Waals surface area contributed by atoms with Gasteiger partial charge in [0.2, 0.25) is 5.91 Å². The topological polar surface area (TPSA) is 71.0 Å². The number of nitrogens with one attached hydrogen (secondary N) is 1. The summed E-state index contributed by atoms with van der Waals surface area (Å²) in [6.45, 7) is 1.87. The number of rotatable bonds is 4. The van der Waals surface area contributed by atoms with Crippen LogP contribution in [0.3, 0.4) is 0 Å². The van der Waals surface area contributed by atoms with Crippen molar-refractivity contribution < 1.29 is 13.6 Å². The van der Waals surface area contributed by atoms with E-state index in [4.69, 9.17) is 0 Å². The maximum Gasteiger partial charge on any atom is 0.219 e. The molecule has 2 atom stereocenters. The highest BCUT2D eigenvalue weighted by Crippen LogP contribution is 2.30. The number of likely N-dealkylation sites (tertiary alicyclic amines) is 1. The minimum atomic E-state index is -1.14. The molecule has 0 aliphatic carbocycles. The Balaban J connectivity index is 1.72. The van der Waals surface area contributed by atoms with Crippen molar-refractivity contribution in [2.75, 3.05) is 18.4 Å². The number of hydrogen-bond donors (Lipinski definition) is 1. The van der Waals surface area contributed by atoms with Crippen LogP contribution in [-0.2, 0) is 4.79 Å². The molecule has 1 saturated heterocycles. The largest absolute Gasteiger partial charge is 0.340 e. The van der Waals surface area contributed by atoms with Crippen molar-refractivity contribution in [2.24, 2.45) is 0 Å². The molecule has 1 fully saturated rings. The number of aromatic nitrogens is 3. The summed E-state index contributed by atoms with van der Waals surface area (Å²) in [4.78, 5) is 26.6. The molecule has 30 heavy (non-hydrogen) atoms. The summed E-state index contributed by atoms with van der Waals surface area (Å²) in [5, 5.41) is 3.09. The molecule has 3 heterocycles. The van der Waals surface area contributed by atoms with E-state index in [-0.39, 0.29) is 30.6 Å². The molecule has 0 bridgehead atoms. The molecule has 1 aromatic carbocycles. The van der Waals surface area contributed by atoms with Crippen LogP contribution < -0.4 is 5.32 Å². The van der Waals surface area contributed by atoms with Crippen molar-refractivity contribution >= 4 is 17.4 Å². The van der Waals surface area contributed by atoms with Gasteiger partial charge in [-0.3, -0.25) is 9.78 Å². The van der Waals surface area contributed by atoms with Gasteiger partial charge in [-0.1, -0.05) is 6.07 Å². The van der Waals surface area contributed by atoms with Gasteiger partial charge in [-0.05, 0) is 36.8 Å². The van der Waals surface area contributed by atoms with E-state index in [1.807, 2.05) is 6.07 Å². The standard InChI is InChI=1S/C22H21F2N5O/c1-14(30)29-12-16(8-18(24)13-29)22-27-20(15-4-3-7-25-11-15)10-21(28-22)26-19-6-2-5-17(23)9-19/h2-7,9-11,16,18H,8,12-13H2,1H3,(H,26,27,28). The van der Waals surface area contributed by atoms with Gasteiger partial charge in [0.05, 0.1) is 12.2 Å². The number of hydrogen-bond acceptors (Lipinski definition) is 5. The summed E-state index contributed by atoms with van der Waals surface area (Å²) in [6, 6.07) is 11.5. The molecule has 3 aromatic rings. The lowest BCUT2D eigenvalue weighted by molar-refractivity contribution is -0.131. The first-order valence-corrected chi connectivity index (χ1v) is 9.69. The van der Waals surface area contributed by atoms with Crippen LogP contribution in [0, 0.1) is 5.82 Å². The van der Waals surface area contributed by atoms with Crippen LogP contribution in [0.25, 0.3) is 11.3 Å². The molecule has 0 radical (unpaired) electrons. The van der Waals surface area contributed by atoms with Gasteiger partial charge in [-0.25, -0.2) is 18.7 Å². The smallest absolute Gasteiger partial charge is 0.219 e. The van der Waals surface area contributed by atoms with Gasteiger partial charge in [-0.2, -0.15) is 0 Å². The Bertz CT molecular complexity index is 1050. The van der Waals surface area contributed by atoms with Gasteiger partial charge in [0.1, 0.15) is 23.6 Å². The zero-order chi connectivity index (χ0) is 21.1. The van der Waals surface area contributed by atoms with Crippen LogP contribution in [0.4, 0.5) is 20.3 Å². The van der Waals surface area contributed by atoms with E-state index in [9.17, 15) is 13.6 Å². The third-order valence-electron chi connectivity index (χ3n) is 5.01. The molecule has 0 saturated carbocycles. The monoisotopic (exact) mass is 409 g/mol. The van der Waals surface area contributed by atoms with E-state index in [2.05, 4.69) is 20.3 Å². The summed E-state index contributed by atoms with van der Waals surface area (Å²) < 4.78 is 27.9. The maximum absolute atomic E-state index is 14.3. The maximum atomic E-state index is 14.3. The van der Waals surface area contributed by atoms with Crippen molar-refractivity contribution in [3.8, 4) is 11.3 Å². The number of nitrogens with zero attached hydrogens (tertiary/aromatic N) is 4. The lowest BCUT2D eigenvalue weighted by Crippen LogP contribution is -2.43. The minimum absolute atomic E-state index is 0.0858. The number of pyridine rings is 1. The number of alkyl halides is 1. The Morgan fingerprint density at radius 1 is 1.17 bits per heavy atom. The average Bonchev–Trinajstić information content (AvgIpc) is 2.74. The van der Waals surface area contributed by atoms with E-state index in [1.165, 1.54) is 24.0 Å². The number of benzene rings is 1. The Hall–Kier alpha value is -3.42. The van der Waals surface area contributed by atoms with Crippen LogP contribution in [0.1, 0.15) is 25.1 Å². The van der Waals surface area contributed by atoms with E-state index in [1.54, 1.807) is 36.7 Å². The third kappa shape index (κ3) is 4.59.